The van der Waals surface area contributed by atoms with Gasteiger partial charge in [0, 0.05) is 0 Å². The van der Waals surface area contributed by atoms with E-state index in [1.165, 1.54) is 0 Å². The van der Waals surface area contributed by atoms with E-state index in [4.69, 9.17) is 33.2 Å². The van der Waals surface area contributed by atoms with Crippen LogP contribution in [0.15, 0.2) is 11.8 Å². The minimum absolute atomic E-state index is 0.217. The van der Waals surface area contributed by atoms with E-state index in [2.05, 4.69) is 16.7 Å². The van der Waals surface area contributed by atoms with Gasteiger partial charge in [-0.25, -0.2) is 69.5 Å². The first-order valence-corrected chi connectivity index (χ1v) is 25.9. The summed E-state index contributed by atoms with van der Waals surface area (Å²) in [5, 5.41) is 73.9. The Labute approximate surface area is 391 Å². The molecular weight excluding hydrogens is 1120 g/mol. The molecule has 3 saturated heterocycles. The summed E-state index contributed by atoms with van der Waals surface area (Å²) in [6.45, 7) is -3.48. The molecule has 40 nitrogen and oxygen atoms in total. The van der Waals surface area contributed by atoms with Gasteiger partial charge in [-0.1, -0.05) is 0 Å². The molecule has 0 saturated carbocycles. The Bertz CT molecular complexity index is 2610. The molecule has 0 amide bonds. The van der Waals surface area contributed by atoms with Gasteiger partial charge in [0.15, 0.2) is 57.8 Å². The van der Waals surface area contributed by atoms with Gasteiger partial charge >= 0.3 is 11.9 Å². The molecule has 0 unspecified atom stereocenters. The van der Waals surface area contributed by atoms with Crippen molar-refractivity contribution in [2.75, 3.05) is 13.2 Å². The predicted octanol–water partition coefficient (Wildman–Crippen LogP) is -12.4. The summed E-state index contributed by atoms with van der Waals surface area (Å²) in [6.07, 6.45) is -45.5. The van der Waals surface area contributed by atoms with Crippen molar-refractivity contribution in [3.05, 3.63) is 11.8 Å². The standard InChI is InChI=1S/C24H38N2O38S6/c27-4-1-5(19(31)32)57-23(13(4)63-69(48,49)50)59-15-7(3-55-68(45,46)47)58-22(9(11(15)29)26-66(39,40)41)61-16-12(30)17(64-70(51,52)53)24(62-18(16)20(33)34)60-14-6(2-54-67(42,43)44)56-21(35)8(10(14)28)25-65(36,37)38/h1,4,6-18,21-30,35H,2-3H2,(H,31,32)(H,33,34)(H,36,37,38)(H,39,40,41)(H,42,43,44)(H,45,46,47)(H,48,49,50)(H,51,52,53)/p-6/t4-,6+,7+,8+,9+,10+,11+,12-,13+,14+,15+,16-,17+,18+,21-,22+,23-,24+/m0/s1. The van der Waals surface area contributed by atoms with Gasteiger partial charge in [0.2, 0.25) is 53.6 Å². The lowest BCUT2D eigenvalue weighted by Gasteiger charge is -2.50. The molecule has 70 heavy (non-hydrogen) atoms. The summed E-state index contributed by atoms with van der Waals surface area (Å²) in [5.74, 6) is -5.86. The molecule has 0 radical (unpaired) electrons. The normalized spacial score (nSPS) is 37.2. The van der Waals surface area contributed by atoms with Crippen molar-refractivity contribution >= 4 is 74.1 Å². The Kier molecular flexibility index (Phi) is 19.1. The molecule has 4 rings (SSSR count). The predicted molar refractivity (Wildman–Crippen MR) is 189 cm³/mol. The van der Waals surface area contributed by atoms with Crippen molar-refractivity contribution in [3.8, 4) is 0 Å². The zero-order chi connectivity index (χ0) is 53.4. The number of carboxylic acid groups (broad SMARTS) is 2. The molecule has 0 spiro atoms. The van der Waals surface area contributed by atoms with E-state index in [9.17, 15) is 123 Å². The molecule has 408 valence electrons. The van der Waals surface area contributed by atoms with Gasteiger partial charge < -0.3 is 96.2 Å². The SMILES string of the molecule is O=C(O)C1=C[C@H](O)[C@@H](OS(=O)(=O)[O-])[C@H](O[C@H]2[C@H](O)[C@@H](NS(=O)(=O)[O-])[C@@H](O[C@H]3[C@H](O)[C@@H](OS(=O)(=O)[O-])[C@H](O[C@H]4[C@H](O)[C@@H](NS(=O)(=O)[O-])[C@@H](O)O[C@@H]4COS(=O)(=O)[O-])O[C@H]3C(=O)O)O[C@@H]2COS(=O)(=O)[O-])O1. The van der Waals surface area contributed by atoms with Gasteiger partial charge in [0.1, 0.15) is 67.0 Å². The van der Waals surface area contributed by atoms with Crippen LogP contribution in [0.3, 0.4) is 0 Å². The van der Waals surface area contributed by atoms with Crippen LogP contribution in [0.4, 0.5) is 0 Å². The average Bonchev–Trinajstić information content (AvgIpc) is 3.16. The average molecular weight is 1150 g/mol. The summed E-state index contributed by atoms with van der Waals surface area (Å²) < 4.78 is 263. The molecule has 0 aromatic rings. The number of aliphatic hydroxyl groups is 5. The molecule has 0 bridgehead atoms. The van der Waals surface area contributed by atoms with Crippen LogP contribution in [0.1, 0.15) is 0 Å². The minimum atomic E-state index is -6.30. The highest BCUT2D eigenvalue weighted by Crippen LogP contribution is 2.36. The lowest BCUT2D eigenvalue weighted by atomic mass is 9.95. The summed E-state index contributed by atoms with van der Waals surface area (Å²) >= 11 is 0. The summed E-state index contributed by atoms with van der Waals surface area (Å²) in [5.41, 5.74) is 0. The number of rotatable bonds is 22. The first kappa shape index (κ1) is 59.8. The van der Waals surface area contributed by atoms with Crippen molar-refractivity contribution in [2.24, 2.45) is 0 Å². The van der Waals surface area contributed by atoms with Gasteiger partial charge in [0.25, 0.3) is 0 Å². The second-order valence-electron chi connectivity index (χ2n) is 14.0. The number of carboxylic acids is 2. The number of aliphatic hydroxyl groups excluding tert-OH is 5. The number of carbonyl (C=O) groups is 2. The Morgan fingerprint density at radius 2 is 0.986 bits per heavy atom. The number of ether oxygens (including phenoxy) is 7. The zero-order valence-electron chi connectivity index (χ0n) is 33.1. The van der Waals surface area contributed by atoms with Crippen LogP contribution in [0.5, 0.6) is 0 Å². The Morgan fingerprint density at radius 3 is 1.44 bits per heavy atom. The van der Waals surface area contributed by atoms with E-state index < -0.39 is 204 Å². The van der Waals surface area contributed by atoms with E-state index in [-0.39, 0.29) is 6.08 Å². The number of nitrogens with one attached hydrogen (secondary N) is 2. The van der Waals surface area contributed by atoms with Gasteiger partial charge in [-0.15, -0.1) is 0 Å². The van der Waals surface area contributed by atoms with Crippen LogP contribution in [-0.2, 0) is 122 Å². The van der Waals surface area contributed by atoms with Crippen molar-refractivity contribution in [2.45, 2.75) is 110 Å². The van der Waals surface area contributed by atoms with Gasteiger partial charge in [-0.3, -0.25) is 16.7 Å². The molecule has 0 aromatic heterocycles. The Hall–Kier alpha value is -2.74. The smallest absolute Gasteiger partial charge is 0.371 e. The van der Waals surface area contributed by atoms with Crippen molar-refractivity contribution in [3.63, 3.8) is 0 Å². The van der Waals surface area contributed by atoms with Crippen LogP contribution in [-0.4, -0.2) is 249 Å². The lowest BCUT2D eigenvalue weighted by Crippen LogP contribution is -2.70. The molecule has 18 atom stereocenters. The van der Waals surface area contributed by atoms with Crippen LogP contribution in [0.2, 0.25) is 0 Å². The lowest BCUT2D eigenvalue weighted by molar-refractivity contribution is -0.362. The third-order valence-electron chi connectivity index (χ3n) is 9.16. The molecule has 4 heterocycles. The fourth-order valence-corrected chi connectivity index (χ4v) is 9.29. The zero-order valence-corrected chi connectivity index (χ0v) is 38.0. The molecule has 4 aliphatic rings. The quantitative estimate of drug-likeness (QED) is 0.0359. The highest BCUT2D eigenvalue weighted by atomic mass is 32.3. The first-order valence-electron chi connectivity index (χ1n) is 17.8. The summed E-state index contributed by atoms with van der Waals surface area (Å²) in [4.78, 5) is 24.3. The van der Waals surface area contributed by atoms with E-state index in [0.717, 1.165) is 9.44 Å². The van der Waals surface area contributed by atoms with Crippen LogP contribution in [0, 0.1) is 0 Å². The maximum Gasteiger partial charge on any atom is 0.371 e. The maximum absolute atomic E-state index is 12.6. The van der Waals surface area contributed by atoms with E-state index >= 15 is 0 Å². The van der Waals surface area contributed by atoms with Gasteiger partial charge in [-0.2, -0.15) is 0 Å². The highest BCUT2D eigenvalue weighted by molar-refractivity contribution is 7.84. The second-order valence-corrected chi connectivity index (χ2v) is 20.4. The second kappa shape index (κ2) is 22.4. The molecule has 0 aliphatic carbocycles. The van der Waals surface area contributed by atoms with Crippen LogP contribution < -0.4 is 9.44 Å². The molecule has 3 fully saturated rings. The van der Waals surface area contributed by atoms with Crippen molar-refractivity contribution < 1.29 is 173 Å². The topological polar surface area (TPSA) is 645 Å². The van der Waals surface area contributed by atoms with Gasteiger partial charge in [-0.05, 0) is 6.08 Å². The molecule has 4 aliphatic heterocycles. The van der Waals surface area contributed by atoms with E-state index in [1.54, 1.807) is 0 Å². The molecular formula is C24H32N2O38S6-6. The number of hydrogen-bond acceptors (Lipinski definition) is 36. The Balaban J connectivity index is 1.80. The monoisotopic (exact) mass is 1150 g/mol. The third-order valence-corrected chi connectivity index (χ3v) is 12.0. The number of hydrogen-bond donors (Lipinski definition) is 9. The first-order chi connectivity index (χ1) is 31.6. The molecule has 9 N–H and O–H groups in total. The van der Waals surface area contributed by atoms with Crippen molar-refractivity contribution in [1.82, 2.24) is 9.44 Å². The largest absolute Gasteiger partial charge is 0.735 e. The van der Waals surface area contributed by atoms with Crippen molar-refractivity contribution in [1.29, 1.82) is 0 Å². The van der Waals surface area contributed by atoms with E-state index in [0.29, 0.717) is 0 Å². The van der Waals surface area contributed by atoms with Crippen LogP contribution in [0.25, 0.3) is 0 Å². The molecule has 46 heteroatoms. The third kappa shape index (κ3) is 17.2. The minimum Gasteiger partial charge on any atom is -0.735 e. The highest BCUT2D eigenvalue weighted by Gasteiger charge is 2.58. The fraction of sp³-hybridized carbons (Fsp3) is 0.833. The summed E-state index contributed by atoms with van der Waals surface area (Å²) in [6, 6.07) is -5.52. The number of aliphatic carboxylic acids is 2. The van der Waals surface area contributed by atoms with Crippen LogP contribution >= 0.6 is 0 Å². The molecule has 0 aromatic carbocycles. The summed E-state index contributed by atoms with van der Waals surface area (Å²) in [7, 11) is -35.7. The van der Waals surface area contributed by atoms with Gasteiger partial charge in [0.05, 0.1) is 13.2 Å². The van der Waals surface area contributed by atoms with E-state index in [1.807, 2.05) is 0 Å². The Morgan fingerprint density at radius 1 is 0.543 bits per heavy atom. The maximum atomic E-state index is 12.6. The fourth-order valence-electron chi connectivity index (χ4n) is 6.56.